The second-order valence-electron chi connectivity index (χ2n) is 21.2. The molecule has 4 atom stereocenters. The number of carboxylic acids is 2. The predicted molar refractivity (Wildman–Crippen MR) is 325 cm³/mol. The number of aliphatic hydroxyl groups is 2. The summed E-state index contributed by atoms with van der Waals surface area (Å²) < 4.78 is 42.6. The van der Waals surface area contributed by atoms with Crippen molar-refractivity contribution < 1.29 is 57.9 Å². The van der Waals surface area contributed by atoms with Gasteiger partial charge in [0.05, 0.1) is 46.9 Å². The van der Waals surface area contributed by atoms with Crippen LogP contribution in [0.4, 0.5) is 20.2 Å². The number of amides is 2. The van der Waals surface area contributed by atoms with Gasteiger partial charge in [0.25, 0.3) is 11.8 Å². The summed E-state index contributed by atoms with van der Waals surface area (Å²) in [6, 6.07) is 49.9. The van der Waals surface area contributed by atoms with Crippen LogP contribution in [0.3, 0.4) is 0 Å². The molecule has 0 aliphatic heterocycles. The summed E-state index contributed by atoms with van der Waals surface area (Å²) in [6.45, 7) is 8.66. The molecule has 8 rings (SSSR count). The first-order chi connectivity index (χ1) is 40.4. The Kier molecular flexibility index (Phi) is 25.4. The van der Waals surface area contributed by atoms with E-state index in [2.05, 4.69) is 10.6 Å². The van der Waals surface area contributed by atoms with Crippen molar-refractivity contribution in [2.24, 2.45) is 0 Å². The van der Waals surface area contributed by atoms with E-state index in [9.17, 15) is 48.4 Å². The van der Waals surface area contributed by atoms with Gasteiger partial charge in [-0.05, 0) is 133 Å². The molecular weight excluding hydrogens is 1110 g/mol. The van der Waals surface area contributed by atoms with Gasteiger partial charge in [0.15, 0.2) is 0 Å². The standard InChI is InChI=1S/2C34H37FN2O5.Ca/c2*1-22(2)32-31(34(41)36-26-12-8-5-9-13-26)30(23-10-6-4-7-11-23)33(24-14-16-25(35)17-15-24)37(32)19-18-27(38)20-28(42-3)21-29(39)40;/h2*4-17,22,27-28,38H,18-21H2,1-3H3,(H,36,41)(H,39,40);/q;;+2/p-2. The first kappa shape index (κ1) is 66.9. The van der Waals surface area contributed by atoms with Gasteiger partial charge in [-0.15, -0.1) is 0 Å². The zero-order valence-electron chi connectivity index (χ0n) is 48.8. The molecule has 6 aromatic carbocycles. The second-order valence-corrected chi connectivity index (χ2v) is 21.2. The zero-order valence-corrected chi connectivity index (χ0v) is 51.0. The Morgan fingerprint density at radius 3 is 1.07 bits per heavy atom. The first-order valence-corrected chi connectivity index (χ1v) is 28.1. The number of methoxy groups -OCH3 is 2. The average molecular weight is 1180 g/mol. The number of carbonyl (C=O) groups is 4. The third kappa shape index (κ3) is 17.9. The van der Waals surface area contributed by atoms with E-state index >= 15 is 0 Å². The maximum absolute atomic E-state index is 14.1. The van der Waals surface area contributed by atoms with E-state index in [0.717, 1.165) is 45.0 Å². The van der Waals surface area contributed by atoms with Gasteiger partial charge in [-0.25, -0.2) is 8.78 Å². The van der Waals surface area contributed by atoms with Gasteiger partial charge in [0, 0.05) is 86.0 Å². The molecule has 0 aliphatic rings. The minimum atomic E-state index is -1.25. The van der Waals surface area contributed by atoms with Crippen LogP contribution in [-0.4, -0.2) is 119 Å². The second kappa shape index (κ2) is 32.3. The van der Waals surface area contributed by atoms with Crippen LogP contribution >= 0.6 is 0 Å². The molecule has 85 heavy (non-hydrogen) atoms. The van der Waals surface area contributed by atoms with Crippen LogP contribution in [0.15, 0.2) is 170 Å². The topological polar surface area (TPSA) is 207 Å². The summed E-state index contributed by atoms with van der Waals surface area (Å²) in [5.41, 5.74) is 9.81. The van der Waals surface area contributed by atoms with Gasteiger partial charge in [-0.2, -0.15) is 0 Å². The fourth-order valence-electron chi connectivity index (χ4n) is 10.7. The summed E-state index contributed by atoms with van der Waals surface area (Å²) in [7, 11) is 2.80. The maximum Gasteiger partial charge on any atom is 2.00 e. The van der Waals surface area contributed by atoms with Crippen LogP contribution in [0.1, 0.15) is 110 Å². The van der Waals surface area contributed by atoms with Crippen LogP contribution in [0, 0.1) is 11.6 Å². The smallest absolute Gasteiger partial charge is 0.550 e. The van der Waals surface area contributed by atoms with Crippen molar-refractivity contribution in [2.75, 3.05) is 24.9 Å². The number of para-hydroxylation sites is 2. The van der Waals surface area contributed by atoms with Crippen molar-refractivity contribution >= 4 is 72.9 Å². The zero-order chi connectivity index (χ0) is 60.5. The van der Waals surface area contributed by atoms with E-state index in [1.807, 2.05) is 158 Å². The van der Waals surface area contributed by atoms with Gasteiger partial charge < -0.3 is 59.3 Å². The van der Waals surface area contributed by atoms with Crippen LogP contribution < -0.4 is 20.8 Å². The summed E-state index contributed by atoms with van der Waals surface area (Å²) in [4.78, 5) is 50.4. The van der Waals surface area contributed by atoms with Crippen LogP contribution in [-0.2, 0) is 32.2 Å². The van der Waals surface area contributed by atoms with Crippen molar-refractivity contribution in [3.05, 3.63) is 204 Å². The molecule has 0 bridgehead atoms. The molecule has 4 unspecified atom stereocenters. The minimum absolute atomic E-state index is 0. The molecule has 4 N–H and O–H groups in total. The number of aromatic nitrogens is 2. The molecule has 0 aliphatic carbocycles. The van der Waals surface area contributed by atoms with E-state index in [4.69, 9.17) is 9.47 Å². The van der Waals surface area contributed by atoms with Crippen molar-refractivity contribution in [1.82, 2.24) is 9.13 Å². The number of nitrogens with one attached hydrogen (secondary N) is 2. The number of aliphatic hydroxyl groups excluding tert-OH is 2. The summed E-state index contributed by atoms with van der Waals surface area (Å²) in [5.74, 6) is -4.00. The van der Waals surface area contributed by atoms with Crippen LogP contribution in [0.2, 0.25) is 0 Å². The molecule has 2 aromatic heterocycles. The van der Waals surface area contributed by atoms with Gasteiger partial charge in [-0.1, -0.05) is 125 Å². The number of anilines is 2. The molecule has 2 heterocycles. The number of carboxylic acid groups (broad SMARTS) is 2. The molecule has 0 fully saturated rings. The molecule has 14 nitrogen and oxygen atoms in total. The third-order valence-electron chi connectivity index (χ3n) is 14.5. The fourth-order valence-corrected chi connectivity index (χ4v) is 10.7. The van der Waals surface area contributed by atoms with E-state index in [1.165, 1.54) is 38.5 Å². The molecule has 8 aromatic rings. The summed E-state index contributed by atoms with van der Waals surface area (Å²) in [5, 5.41) is 50.1. The van der Waals surface area contributed by atoms with E-state index < -0.39 is 36.4 Å². The van der Waals surface area contributed by atoms with Gasteiger partial charge in [0.2, 0.25) is 0 Å². The summed E-state index contributed by atoms with van der Waals surface area (Å²) in [6.07, 6.45) is -3.02. The normalized spacial score (nSPS) is 12.6. The predicted octanol–water partition coefficient (Wildman–Crippen LogP) is 10.9. The van der Waals surface area contributed by atoms with E-state index in [-0.39, 0.29) is 112 Å². The molecule has 0 saturated heterocycles. The Morgan fingerprint density at radius 1 is 0.482 bits per heavy atom. The number of carbonyl (C=O) groups excluding carboxylic acids is 4. The van der Waals surface area contributed by atoms with Crippen LogP contribution in [0.25, 0.3) is 44.8 Å². The number of ether oxygens (including phenoxy) is 2. The molecule has 17 heteroatoms. The molecule has 0 saturated carbocycles. The number of halogens is 2. The largest absolute Gasteiger partial charge is 2.00 e. The number of nitrogens with zero attached hydrogens (tertiary/aromatic N) is 2. The number of hydrogen-bond donors (Lipinski definition) is 4. The van der Waals surface area contributed by atoms with Crippen molar-refractivity contribution in [3.63, 3.8) is 0 Å². The monoisotopic (exact) mass is 1180 g/mol. The number of benzene rings is 6. The Balaban J connectivity index is 0.000000269. The van der Waals surface area contributed by atoms with Gasteiger partial charge >= 0.3 is 37.7 Å². The number of hydrogen-bond acceptors (Lipinski definition) is 10. The van der Waals surface area contributed by atoms with Crippen molar-refractivity contribution in [3.8, 4) is 44.8 Å². The third-order valence-corrected chi connectivity index (χ3v) is 14.5. The van der Waals surface area contributed by atoms with Crippen LogP contribution in [0.5, 0.6) is 0 Å². The fraction of sp³-hybridized carbons (Fsp3) is 0.294. The molecule has 0 spiro atoms. The molecule has 440 valence electrons. The van der Waals surface area contributed by atoms with E-state index in [0.29, 0.717) is 46.7 Å². The molecular formula is C68H72CaF2N4O10. The first-order valence-electron chi connectivity index (χ1n) is 28.1. The quantitative estimate of drug-likeness (QED) is 0.0377. The van der Waals surface area contributed by atoms with Gasteiger partial charge in [-0.3, -0.25) is 9.59 Å². The number of rotatable bonds is 26. The van der Waals surface area contributed by atoms with Gasteiger partial charge in [0.1, 0.15) is 11.6 Å². The van der Waals surface area contributed by atoms with Crippen molar-refractivity contribution in [2.45, 2.75) is 116 Å². The number of aliphatic carboxylic acids is 2. The van der Waals surface area contributed by atoms with Crippen molar-refractivity contribution in [1.29, 1.82) is 0 Å². The molecule has 0 radical (unpaired) electrons. The SMILES string of the molecule is COC(CC(=O)[O-])CC(O)CCn1c(-c2ccc(F)cc2)c(-c2ccccc2)c(C(=O)Nc2ccccc2)c1C(C)C.COC(CC(=O)[O-])CC(O)CCn1c(-c2ccc(F)cc2)c(-c2ccccc2)c(C(=O)Nc2ccccc2)c1C(C)C.[Ca+2]. The molecule has 2 amide bonds. The van der Waals surface area contributed by atoms with E-state index in [1.54, 1.807) is 24.3 Å². The minimum Gasteiger partial charge on any atom is -0.550 e. The average Bonchev–Trinajstić information content (AvgIpc) is 1.92. The Labute approximate surface area is 525 Å². The Hall–Kier alpha value is -7.28. The maximum atomic E-state index is 14.1. The Morgan fingerprint density at radius 2 is 0.788 bits per heavy atom. The Bertz CT molecular complexity index is 3200. The summed E-state index contributed by atoms with van der Waals surface area (Å²) >= 11 is 0.